The van der Waals surface area contributed by atoms with Gasteiger partial charge in [0.15, 0.2) is 0 Å². The first-order valence-electron chi connectivity index (χ1n) is 6.81. The lowest BCUT2D eigenvalue weighted by Crippen LogP contribution is -1.45. The minimum Gasteiger partial charge on any atom is -0.107 e. The highest BCUT2D eigenvalue weighted by atomic mass is 13.5. The van der Waals surface area contributed by atoms with E-state index in [2.05, 4.69) is 11.8 Å². The van der Waals surface area contributed by atoms with Crippen molar-refractivity contribution in [2.24, 2.45) is 0 Å². The summed E-state index contributed by atoms with van der Waals surface area (Å²) in [6.45, 7) is 23.9. The first-order valence-corrected chi connectivity index (χ1v) is 6.81. The third-order valence-electron chi connectivity index (χ3n) is 0.354. The minimum atomic E-state index is 0.983. The number of hydrogen-bond donors (Lipinski definition) is 0. The summed E-state index contributed by atoms with van der Waals surface area (Å²) in [5.41, 5.74) is 0. The van der Waals surface area contributed by atoms with Crippen LogP contribution >= 0.6 is 0 Å². The highest BCUT2D eigenvalue weighted by Crippen LogP contribution is 1.62. The van der Waals surface area contributed by atoms with Gasteiger partial charge in [0.1, 0.15) is 0 Å². The summed E-state index contributed by atoms with van der Waals surface area (Å²) in [7, 11) is 0. The molecular formula is C15H38. The maximum absolute atomic E-state index is 2.86. The molecule has 0 nitrogen and oxygen atoms in total. The maximum atomic E-state index is 2.86. The predicted molar refractivity (Wildman–Crippen MR) is 80.5 cm³/mol. The van der Waals surface area contributed by atoms with Crippen LogP contribution in [0.15, 0.2) is 0 Å². The Morgan fingerprint density at radius 3 is 0.800 bits per heavy atom. The SMILES string of the molecule is CC.CC.CC.CC.CC.CC#CCC. The van der Waals surface area contributed by atoms with Crippen LogP contribution in [0.2, 0.25) is 0 Å². The zero-order chi connectivity index (χ0) is 14.1. The van der Waals surface area contributed by atoms with Gasteiger partial charge in [0, 0.05) is 6.42 Å². The van der Waals surface area contributed by atoms with E-state index in [0.29, 0.717) is 0 Å². The molecule has 0 heteroatoms. The molecule has 0 fully saturated rings. The quantitative estimate of drug-likeness (QED) is 0.404. The molecule has 0 spiro atoms. The van der Waals surface area contributed by atoms with Gasteiger partial charge < -0.3 is 0 Å². The van der Waals surface area contributed by atoms with Gasteiger partial charge in [0.05, 0.1) is 0 Å². The molecule has 0 aromatic carbocycles. The van der Waals surface area contributed by atoms with Crippen molar-refractivity contribution >= 4 is 0 Å². The molecule has 0 aliphatic carbocycles. The van der Waals surface area contributed by atoms with Crippen LogP contribution in [-0.4, -0.2) is 0 Å². The Hall–Kier alpha value is -0.440. The van der Waals surface area contributed by atoms with Gasteiger partial charge in [-0.15, -0.1) is 11.8 Å². The molecule has 0 bridgehead atoms. The van der Waals surface area contributed by atoms with Crippen LogP contribution < -0.4 is 0 Å². The van der Waals surface area contributed by atoms with E-state index in [1.54, 1.807) is 0 Å². The fourth-order valence-electron chi connectivity index (χ4n) is 0.177. The summed E-state index contributed by atoms with van der Waals surface area (Å²) >= 11 is 0. The van der Waals surface area contributed by atoms with E-state index in [0.717, 1.165) is 6.42 Å². The molecule has 0 rings (SSSR count). The van der Waals surface area contributed by atoms with Gasteiger partial charge in [-0.05, 0) is 6.92 Å². The molecule has 0 amide bonds. The molecule has 98 valence electrons. The highest BCUT2D eigenvalue weighted by molar-refractivity contribution is 4.92. The van der Waals surface area contributed by atoms with E-state index in [1.807, 2.05) is 83.1 Å². The van der Waals surface area contributed by atoms with E-state index in [-0.39, 0.29) is 0 Å². The minimum absolute atomic E-state index is 0.983. The average Bonchev–Trinajstić information content (AvgIpc) is 2.42. The lowest BCUT2D eigenvalue weighted by molar-refractivity contribution is 1.28. The molecule has 0 aliphatic heterocycles. The van der Waals surface area contributed by atoms with E-state index >= 15 is 0 Å². The highest BCUT2D eigenvalue weighted by Gasteiger charge is 1.48. The molecule has 0 aromatic rings. The molecule has 0 aliphatic rings. The van der Waals surface area contributed by atoms with Crippen LogP contribution in [-0.2, 0) is 0 Å². The van der Waals surface area contributed by atoms with Crippen molar-refractivity contribution in [3.63, 3.8) is 0 Å². The fraction of sp³-hybridized carbons (Fsp3) is 0.867. The van der Waals surface area contributed by atoms with Gasteiger partial charge in [-0.2, -0.15) is 0 Å². The second kappa shape index (κ2) is 326. The molecule has 0 atom stereocenters. The fourth-order valence-corrected chi connectivity index (χ4v) is 0.177. The van der Waals surface area contributed by atoms with Gasteiger partial charge in [0.25, 0.3) is 0 Å². The van der Waals surface area contributed by atoms with Gasteiger partial charge in [-0.1, -0.05) is 76.2 Å². The van der Waals surface area contributed by atoms with Gasteiger partial charge in [-0.25, -0.2) is 0 Å². The second-order valence-corrected chi connectivity index (χ2v) is 0.780. The van der Waals surface area contributed by atoms with Gasteiger partial charge in [0.2, 0.25) is 0 Å². The summed E-state index contributed by atoms with van der Waals surface area (Å²) in [6.07, 6.45) is 0.983. The van der Waals surface area contributed by atoms with Crippen molar-refractivity contribution in [2.45, 2.75) is 89.5 Å². The van der Waals surface area contributed by atoms with Crippen molar-refractivity contribution in [1.29, 1.82) is 0 Å². The van der Waals surface area contributed by atoms with Crippen molar-refractivity contribution < 1.29 is 0 Å². The Morgan fingerprint density at radius 2 is 0.800 bits per heavy atom. The first kappa shape index (κ1) is 36.5. The lowest BCUT2D eigenvalue weighted by Gasteiger charge is -1.58. The van der Waals surface area contributed by atoms with Gasteiger partial charge in [-0.3, -0.25) is 0 Å². The van der Waals surface area contributed by atoms with Crippen molar-refractivity contribution in [2.75, 3.05) is 0 Å². The molecule has 0 saturated carbocycles. The summed E-state index contributed by atoms with van der Waals surface area (Å²) < 4.78 is 0. The molecular weight excluding hydrogens is 180 g/mol. The van der Waals surface area contributed by atoms with E-state index in [9.17, 15) is 0 Å². The summed E-state index contributed by atoms with van der Waals surface area (Å²) in [4.78, 5) is 0. The number of rotatable bonds is 0. The summed E-state index contributed by atoms with van der Waals surface area (Å²) in [6, 6.07) is 0. The van der Waals surface area contributed by atoms with Crippen LogP contribution in [0.3, 0.4) is 0 Å². The molecule has 0 unspecified atom stereocenters. The van der Waals surface area contributed by atoms with Crippen molar-refractivity contribution in [1.82, 2.24) is 0 Å². The summed E-state index contributed by atoms with van der Waals surface area (Å²) in [5.74, 6) is 5.63. The van der Waals surface area contributed by atoms with Crippen LogP contribution in [0.4, 0.5) is 0 Å². The Balaban J connectivity index is -0.0000000177. The van der Waals surface area contributed by atoms with Crippen molar-refractivity contribution in [3.8, 4) is 11.8 Å². The molecule has 15 heavy (non-hydrogen) atoms. The van der Waals surface area contributed by atoms with Crippen LogP contribution in [0.25, 0.3) is 0 Å². The van der Waals surface area contributed by atoms with Crippen LogP contribution in [0, 0.1) is 11.8 Å². The largest absolute Gasteiger partial charge is 0.107 e. The molecule has 0 aromatic heterocycles. The molecule has 0 radical (unpaired) electrons. The lowest BCUT2D eigenvalue weighted by atomic mass is 10.5. The third kappa shape index (κ3) is 745. The standard InChI is InChI=1S/C5H8.5C2H6/c1-3-5-4-2;5*1-2/h3H2,1-2H3;5*1-2H3. The second-order valence-electron chi connectivity index (χ2n) is 0.780. The predicted octanol–water partition coefficient (Wildman–Crippen LogP) is 6.55. The normalized spacial score (nSPS) is 3.73. The Bertz CT molecular complexity index is 52.2. The van der Waals surface area contributed by atoms with Crippen molar-refractivity contribution in [3.05, 3.63) is 0 Å². The zero-order valence-electron chi connectivity index (χ0n) is 13.7. The van der Waals surface area contributed by atoms with E-state index in [1.165, 1.54) is 0 Å². The maximum Gasteiger partial charge on any atom is 0.00601 e. The van der Waals surface area contributed by atoms with Crippen LogP contribution in [0.5, 0.6) is 0 Å². The monoisotopic (exact) mass is 218 g/mol. The molecule has 0 heterocycles. The molecule has 0 N–H and O–H groups in total. The number of hydrogen-bond acceptors (Lipinski definition) is 0. The Morgan fingerprint density at radius 1 is 0.600 bits per heavy atom. The zero-order valence-corrected chi connectivity index (χ0v) is 13.7. The first-order chi connectivity index (χ1) is 7.41. The smallest absolute Gasteiger partial charge is 0.00601 e. The van der Waals surface area contributed by atoms with E-state index < -0.39 is 0 Å². The average molecular weight is 218 g/mol. The summed E-state index contributed by atoms with van der Waals surface area (Å²) in [5, 5.41) is 0. The molecule has 0 saturated heterocycles. The Labute approximate surface area is 102 Å². The third-order valence-corrected chi connectivity index (χ3v) is 0.354. The van der Waals surface area contributed by atoms with Gasteiger partial charge >= 0.3 is 0 Å². The Kier molecular flexibility index (Phi) is 795. The van der Waals surface area contributed by atoms with E-state index in [4.69, 9.17) is 0 Å². The van der Waals surface area contributed by atoms with Crippen LogP contribution in [0.1, 0.15) is 89.5 Å². The topological polar surface area (TPSA) is 0 Å².